The molecule has 2 unspecified atom stereocenters. The van der Waals surface area contributed by atoms with Crippen molar-refractivity contribution in [2.75, 3.05) is 13.2 Å². The third-order valence-corrected chi connectivity index (χ3v) is 3.82. The maximum absolute atomic E-state index is 8.82. The summed E-state index contributed by atoms with van der Waals surface area (Å²) in [5, 5.41) is 8.82. The molecule has 0 radical (unpaired) electrons. The summed E-state index contributed by atoms with van der Waals surface area (Å²) in [5.74, 6) is -0.697. The zero-order valence-electron chi connectivity index (χ0n) is 8.40. The first-order chi connectivity index (χ1) is 7.14. The standard InChI is InChI=1S/C10H13ClO3S/c1-10(8-2-3-9(11)15-8)13-6-7(14-10)4-5-12/h2-3,7,12H,4-6H2,1H3. The fourth-order valence-corrected chi connectivity index (χ4v) is 2.70. The Hall–Kier alpha value is -0.130. The molecule has 0 spiro atoms. The molecule has 1 aliphatic rings. The number of hydrogen-bond acceptors (Lipinski definition) is 4. The van der Waals surface area contributed by atoms with Gasteiger partial charge in [-0.05, 0) is 25.5 Å². The summed E-state index contributed by atoms with van der Waals surface area (Å²) in [7, 11) is 0. The topological polar surface area (TPSA) is 38.7 Å². The highest BCUT2D eigenvalue weighted by Gasteiger charge is 2.39. The lowest BCUT2D eigenvalue weighted by molar-refractivity contribution is -0.160. The van der Waals surface area contributed by atoms with Gasteiger partial charge in [0.05, 0.1) is 21.9 Å². The second-order valence-electron chi connectivity index (χ2n) is 3.61. The minimum Gasteiger partial charge on any atom is -0.396 e. The Morgan fingerprint density at radius 1 is 1.67 bits per heavy atom. The lowest BCUT2D eigenvalue weighted by atomic mass is 10.2. The Balaban J connectivity index is 2.09. The predicted octanol–water partition coefficient (Wildman–Crippen LogP) is 2.37. The molecule has 1 aromatic heterocycles. The Morgan fingerprint density at radius 3 is 3.07 bits per heavy atom. The van der Waals surface area contributed by atoms with Crippen LogP contribution in [0.25, 0.3) is 0 Å². The monoisotopic (exact) mass is 248 g/mol. The minimum absolute atomic E-state index is 0.0270. The van der Waals surface area contributed by atoms with E-state index in [2.05, 4.69) is 0 Å². The Labute approximate surface area is 97.6 Å². The molecule has 1 N–H and O–H groups in total. The van der Waals surface area contributed by atoms with Gasteiger partial charge in [-0.3, -0.25) is 0 Å². The van der Waals surface area contributed by atoms with Gasteiger partial charge in [0.2, 0.25) is 5.79 Å². The van der Waals surface area contributed by atoms with Gasteiger partial charge in [0.15, 0.2) is 0 Å². The molecule has 1 aromatic rings. The molecule has 3 nitrogen and oxygen atoms in total. The van der Waals surface area contributed by atoms with E-state index in [-0.39, 0.29) is 12.7 Å². The summed E-state index contributed by atoms with van der Waals surface area (Å²) < 4.78 is 12.1. The van der Waals surface area contributed by atoms with Crippen LogP contribution in [0.1, 0.15) is 18.2 Å². The highest BCUT2D eigenvalue weighted by Crippen LogP contribution is 2.39. The van der Waals surface area contributed by atoms with Gasteiger partial charge < -0.3 is 14.6 Å². The van der Waals surface area contributed by atoms with E-state index in [4.69, 9.17) is 26.2 Å². The lowest BCUT2D eigenvalue weighted by Crippen LogP contribution is -2.22. The molecule has 1 fully saturated rings. The van der Waals surface area contributed by atoms with Gasteiger partial charge in [-0.2, -0.15) is 0 Å². The molecule has 2 heterocycles. The number of aliphatic hydroxyl groups excluding tert-OH is 1. The maximum Gasteiger partial charge on any atom is 0.201 e. The van der Waals surface area contributed by atoms with E-state index in [1.165, 1.54) is 11.3 Å². The van der Waals surface area contributed by atoms with Crippen LogP contribution in [-0.2, 0) is 15.3 Å². The molecule has 2 rings (SSSR count). The van der Waals surface area contributed by atoms with E-state index in [0.29, 0.717) is 13.0 Å². The normalized spacial score (nSPS) is 31.0. The van der Waals surface area contributed by atoms with Gasteiger partial charge in [-0.25, -0.2) is 0 Å². The maximum atomic E-state index is 8.82. The smallest absolute Gasteiger partial charge is 0.201 e. The fourth-order valence-electron chi connectivity index (χ4n) is 1.61. The summed E-state index contributed by atoms with van der Waals surface area (Å²) >= 11 is 7.32. The first kappa shape index (κ1) is 11.4. The zero-order chi connectivity index (χ0) is 10.9. The number of aliphatic hydroxyl groups is 1. The highest BCUT2D eigenvalue weighted by atomic mass is 35.5. The first-order valence-electron chi connectivity index (χ1n) is 4.82. The summed E-state index contributed by atoms with van der Waals surface area (Å²) in [6, 6.07) is 3.74. The summed E-state index contributed by atoms with van der Waals surface area (Å²) in [5.41, 5.74) is 0. The molecular weight excluding hydrogens is 236 g/mol. The summed E-state index contributed by atoms with van der Waals surface area (Å²) in [6.07, 6.45) is 0.579. The van der Waals surface area contributed by atoms with Gasteiger partial charge in [0.25, 0.3) is 0 Å². The lowest BCUT2D eigenvalue weighted by Gasteiger charge is -2.21. The molecule has 0 amide bonds. The Bertz CT molecular complexity index is 341. The van der Waals surface area contributed by atoms with Gasteiger partial charge in [0, 0.05) is 6.61 Å². The van der Waals surface area contributed by atoms with Crippen LogP contribution in [0, 0.1) is 0 Å². The third kappa shape index (κ3) is 2.34. The first-order valence-corrected chi connectivity index (χ1v) is 6.02. The molecule has 1 saturated heterocycles. The summed E-state index contributed by atoms with van der Waals surface area (Å²) in [6.45, 7) is 2.52. The van der Waals surface area contributed by atoms with Crippen LogP contribution in [0.5, 0.6) is 0 Å². The predicted molar refractivity (Wildman–Crippen MR) is 59.2 cm³/mol. The van der Waals surface area contributed by atoms with Gasteiger partial charge in [0.1, 0.15) is 0 Å². The van der Waals surface area contributed by atoms with Crippen molar-refractivity contribution in [3.63, 3.8) is 0 Å². The number of hydrogen-bond donors (Lipinski definition) is 1. The Morgan fingerprint density at radius 2 is 2.47 bits per heavy atom. The third-order valence-electron chi connectivity index (χ3n) is 2.41. The quantitative estimate of drug-likeness (QED) is 0.893. The molecule has 0 bridgehead atoms. The van der Waals surface area contributed by atoms with Gasteiger partial charge in [-0.15, -0.1) is 11.3 Å². The van der Waals surface area contributed by atoms with E-state index in [1.54, 1.807) is 0 Å². The molecule has 2 atom stereocenters. The SMILES string of the molecule is CC1(c2ccc(Cl)s2)OCC(CCO)O1. The molecule has 0 saturated carbocycles. The fraction of sp³-hybridized carbons (Fsp3) is 0.600. The van der Waals surface area contributed by atoms with E-state index < -0.39 is 5.79 Å². The van der Waals surface area contributed by atoms with E-state index in [9.17, 15) is 0 Å². The molecule has 0 aliphatic carbocycles. The van der Waals surface area contributed by atoms with Crippen molar-refractivity contribution in [2.24, 2.45) is 0 Å². The average molecular weight is 249 g/mol. The van der Waals surface area contributed by atoms with Crippen molar-refractivity contribution < 1.29 is 14.6 Å². The van der Waals surface area contributed by atoms with Crippen molar-refractivity contribution in [2.45, 2.75) is 25.2 Å². The van der Waals surface area contributed by atoms with Crippen molar-refractivity contribution in [1.29, 1.82) is 0 Å². The zero-order valence-corrected chi connectivity index (χ0v) is 9.98. The van der Waals surface area contributed by atoms with Crippen LogP contribution in [0.3, 0.4) is 0 Å². The molecule has 5 heteroatoms. The molecule has 84 valence electrons. The van der Waals surface area contributed by atoms with Crippen LogP contribution in [0.2, 0.25) is 4.34 Å². The van der Waals surface area contributed by atoms with Crippen molar-refractivity contribution >= 4 is 22.9 Å². The second-order valence-corrected chi connectivity index (χ2v) is 5.33. The molecule has 15 heavy (non-hydrogen) atoms. The van der Waals surface area contributed by atoms with Crippen LogP contribution >= 0.6 is 22.9 Å². The van der Waals surface area contributed by atoms with Crippen LogP contribution in [-0.4, -0.2) is 24.4 Å². The van der Waals surface area contributed by atoms with Crippen molar-refractivity contribution in [1.82, 2.24) is 0 Å². The number of halogens is 1. The molecule has 0 aromatic carbocycles. The number of ether oxygens (including phenoxy) is 2. The number of thiophene rings is 1. The average Bonchev–Trinajstić information content (AvgIpc) is 2.75. The van der Waals surface area contributed by atoms with Gasteiger partial charge >= 0.3 is 0 Å². The minimum atomic E-state index is -0.697. The molecule has 1 aliphatic heterocycles. The second kappa shape index (κ2) is 4.39. The highest BCUT2D eigenvalue weighted by molar-refractivity contribution is 7.16. The van der Waals surface area contributed by atoms with Crippen LogP contribution in [0.4, 0.5) is 0 Å². The van der Waals surface area contributed by atoms with Crippen LogP contribution in [0.15, 0.2) is 12.1 Å². The van der Waals surface area contributed by atoms with Crippen LogP contribution < -0.4 is 0 Å². The number of rotatable bonds is 3. The Kier molecular flexibility index (Phi) is 3.33. The summed E-state index contributed by atoms with van der Waals surface area (Å²) in [4.78, 5) is 0.966. The van der Waals surface area contributed by atoms with Crippen molar-refractivity contribution in [3.05, 3.63) is 21.3 Å². The van der Waals surface area contributed by atoms with E-state index in [0.717, 1.165) is 9.21 Å². The largest absolute Gasteiger partial charge is 0.396 e. The van der Waals surface area contributed by atoms with Gasteiger partial charge in [-0.1, -0.05) is 11.6 Å². The molecular formula is C10H13ClO3S. The van der Waals surface area contributed by atoms with Crippen molar-refractivity contribution in [3.8, 4) is 0 Å². The van der Waals surface area contributed by atoms with E-state index in [1.807, 2.05) is 19.1 Å². The van der Waals surface area contributed by atoms with E-state index >= 15 is 0 Å².